The van der Waals surface area contributed by atoms with E-state index in [-0.39, 0.29) is 5.82 Å². The number of rotatable bonds is 5. The fraction of sp³-hybridized carbons (Fsp3) is 0.429. The Balaban J connectivity index is 2.03. The molecule has 0 heterocycles. The zero-order valence-electron chi connectivity index (χ0n) is 9.67. The Hall–Kier alpha value is -1.15. The Kier molecular flexibility index (Phi) is 3.73. The highest BCUT2D eigenvalue weighted by Gasteiger charge is 2.20. The largest absolute Gasteiger partial charge is 0.310 e. The van der Waals surface area contributed by atoms with E-state index in [1.807, 2.05) is 18.2 Å². The lowest BCUT2D eigenvalue weighted by Gasteiger charge is -2.06. The van der Waals surface area contributed by atoms with Gasteiger partial charge in [0.25, 0.3) is 0 Å². The smallest absolute Gasteiger partial charge is 0.130 e. The molecular weight excluding hydrogens is 201 g/mol. The lowest BCUT2D eigenvalue weighted by Crippen LogP contribution is -2.18. The topological polar surface area (TPSA) is 12.0 Å². The van der Waals surface area contributed by atoms with Crippen LogP contribution < -0.4 is 5.32 Å². The van der Waals surface area contributed by atoms with Crippen molar-refractivity contribution in [1.82, 2.24) is 5.32 Å². The monoisotopic (exact) mass is 219 g/mol. The molecular formula is C14H18FN. The van der Waals surface area contributed by atoms with Crippen LogP contribution in [0.5, 0.6) is 0 Å². The molecule has 1 N–H and O–H groups in total. The van der Waals surface area contributed by atoms with Gasteiger partial charge in [-0.3, -0.25) is 0 Å². The number of nitrogens with one attached hydrogen (secondary N) is 1. The van der Waals surface area contributed by atoms with Gasteiger partial charge in [0, 0.05) is 18.2 Å². The highest BCUT2D eigenvalue weighted by Crippen LogP contribution is 2.20. The van der Waals surface area contributed by atoms with E-state index in [0.717, 1.165) is 13.0 Å². The number of hydrogen-bond acceptors (Lipinski definition) is 1. The summed E-state index contributed by atoms with van der Waals surface area (Å²) < 4.78 is 13.4. The molecule has 0 spiro atoms. The van der Waals surface area contributed by atoms with Gasteiger partial charge >= 0.3 is 0 Å². The SMILES string of the molecule is CCC(=Cc1ccccc1F)CNC1CC1. The van der Waals surface area contributed by atoms with Crippen LogP contribution in [0.4, 0.5) is 4.39 Å². The molecule has 1 nitrogen and oxygen atoms in total. The van der Waals surface area contributed by atoms with Gasteiger partial charge in [0.15, 0.2) is 0 Å². The molecule has 1 aliphatic carbocycles. The van der Waals surface area contributed by atoms with Gasteiger partial charge < -0.3 is 5.32 Å². The first-order valence-electron chi connectivity index (χ1n) is 5.97. The number of halogens is 1. The lowest BCUT2D eigenvalue weighted by molar-refractivity contribution is 0.624. The van der Waals surface area contributed by atoms with Gasteiger partial charge in [0.2, 0.25) is 0 Å². The summed E-state index contributed by atoms with van der Waals surface area (Å²) in [7, 11) is 0. The van der Waals surface area contributed by atoms with E-state index in [1.54, 1.807) is 6.07 Å². The van der Waals surface area contributed by atoms with Crippen LogP contribution in [-0.4, -0.2) is 12.6 Å². The Morgan fingerprint density at radius 1 is 1.44 bits per heavy atom. The summed E-state index contributed by atoms with van der Waals surface area (Å²) in [4.78, 5) is 0. The van der Waals surface area contributed by atoms with Gasteiger partial charge in [-0.05, 0) is 25.3 Å². The molecule has 1 aromatic carbocycles. The van der Waals surface area contributed by atoms with Crippen molar-refractivity contribution in [3.8, 4) is 0 Å². The van der Waals surface area contributed by atoms with Crippen LogP contribution in [0.15, 0.2) is 29.8 Å². The molecule has 1 fully saturated rings. The maximum absolute atomic E-state index is 13.4. The first-order chi connectivity index (χ1) is 7.79. The molecule has 1 saturated carbocycles. The maximum atomic E-state index is 13.4. The maximum Gasteiger partial charge on any atom is 0.130 e. The van der Waals surface area contributed by atoms with E-state index < -0.39 is 0 Å². The summed E-state index contributed by atoms with van der Waals surface area (Å²) in [6.07, 6.45) is 5.51. The molecule has 1 aromatic rings. The summed E-state index contributed by atoms with van der Waals surface area (Å²) in [6.45, 7) is 3.00. The van der Waals surface area contributed by atoms with Gasteiger partial charge in [-0.15, -0.1) is 0 Å². The van der Waals surface area contributed by atoms with Crippen molar-refractivity contribution >= 4 is 6.08 Å². The number of benzene rings is 1. The van der Waals surface area contributed by atoms with Crippen LogP contribution >= 0.6 is 0 Å². The van der Waals surface area contributed by atoms with E-state index in [4.69, 9.17) is 0 Å². The minimum Gasteiger partial charge on any atom is -0.310 e. The van der Waals surface area contributed by atoms with E-state index >= 15 is 0 Å². The third-order valence-corrected chi connectivity index (χ3v) is 2.91. The molecule has 0 amide bonds. The van der Waals surface area contributed by atoms with Crippen LogP contribution in [0.1, 0.15) is 31.7 Å². The second-order valence-electron chi connectivity index (χ2n) is 4.33. The second kappa shape index (κ2) is 5.26. The Bertz CT molecular complexity index is 380. The molecule has 0 atom stereocenters. The number of hydrogen-bond donors (Lipinski definition) is 1. The van der Waals surface area contributed by atoms with Gasteiger partial charge in [0.1, 0.15) is 5.82 Å². The normalized spacial score (nSPS) is 16.5. The molecule has 0 unspecified atom stereocenters. The molecule has 0 saturated heterocycles. The van der Waals surface area contributed by atoms with Crippen molar-refractivity contribution in [3.63, 3.8) is 0 Å². The summed E-state index contributed by atoms with van der Waals surface area (Å²) in [5.41, 5.74) is 1.95. The molecule has 0 bridgehead atoms. The third-order valence-electron chi connectivity index (χ3n) is 2.91. The van der Waals surface area contributed by atoms with E-state index in [0.29, 0.717) is 11.6 Å². The van der Waals surface area contributed by atoms with Crippen molar-refractivity contribution in [3.05, 3.63) is 41.2 Å². The predicted octanol–water partition coefficient (Wildman–Crippen LogP) is 3.37. The first-order valence-corrected chi connectivity index (χ1v) is 5.97. The molecule has 2 rings (SSSR count). The fourth-order valence-electron chi connectivity index (χ4n) is 1.65. The van der Waals surface area contributed by atoms with Gasteiger partial charge in [-0.25, -0.2) is 4.39 Å². The van der Waals surface area contributed by atoms with Crippen LogP contribution in [0.3, 0.4) is 0 Å². The van der Waals surface area contributed by atoms with E-state index in [2.05, 4.69) is 12.2 Å². The minimum absolute atomic E-state index is 0.139. The summed E-state index contributed by atoms with van der Waals surface area (Å²) >= 11 is 0. The Labute approximate surface area is 96.4 Å². The lowest BCUT2D eigenvalue weighted by atomic mass is 10.1. The summed E-state index contributed by atoms with van der Waals surface area (Å²) in [6, 6.07) is 7.63. The van der Waals surface area contributed by atoms with Gasteiger partial charge in [-0.2, -0.15) is 0 Å². The van der Waals surface area contributed by atoms with Crippen molar-refractivity contribution < 1.29 is 4.39 Å². The molecule has 0 aromatic heterocycles. The molecule has 0 aliphatic heterocycles. The molecule has 2 heteroatoms. The van der Waals surface area contributed by atoms with Crippen molar-refractivity contribution in [2.24, 2.45) is 0 Å². The van der Waals surface area contributed by atoms with Crippen molar-refractivity contribution in [2.75, 3.05) is 6.54 Å². The Morgan fingerprint density at radius 2 is 2.19 bits per heavy atom. The molecule has 86 valence electrons. The van der Waals surface area contributed by atoms with Crippen molar-refractivity contribution in [2.45, 2.75) is 32.2 Å². The van der Waals surface area contributed by atoms with E-state index in [1.165, 1.54) is 24.5 Å². The summed E-state index contributed by atoms with van der Waals surface area (Å²) in [5, 5.41) is 3.46. The molecule has 16 heavy (non-hydrogen) atoms. The third kappa shape index (κ3) is 3.17. The zero-order chi connectivity index (χ0) is 11.4. The minimum atomic E-state index is -0.139. The summed E-state index contributed by atoms with van der Waals surface area (Å²) in [5.74, 6) is -0.139. The first kappa shape index (κ1) is 11.3. The van der Waals surface area contributed by atoms with Gasteiger partial charge in [-0.1, -0.05) is 36.8 Å². The van der Waals surface area contributed by atoms with Crippen LogP contribution in [0, 0.1) is 5.82 Å². The molecule has 1 aliphatic rings. The van der Waals surface area contributed by atoms with Gasteiger partial charge in [0.05, 0.1) is 0 Å². The predicted molar refractivity (Wildman–Crippen MR) is 65.7 cm³/mol. The Morgan fingerprint density at radius 3 is 2.81 bits per heavy atom. The fourth-order valence-corrected chi connectivity index (χ4v) is 1.65. The average Bonchev–Trinajstić information content (AvgIpc) is 3.10. The standard InChI is InChI=1S/C14H18FN/c1-2-11(10-16-13-7-8-13)9-12-5-3-4-6-14(12)15/h3-6,9,13,16H,2,7-8,10H2,1H3. The van der Waals surface area contributed by atoms with Crippen molar-refractivity contribution in [1.29, 1.82) is 0 Å². The quantitative estimate of drug-likeness (QED) is 0.800. The van der Waals surface area contributed by atoms with Crippen LogP contribution in [-0.2, 0) is 0 Å². The highest BCUT2D eigenvalue weighted by molar-refractivity contribution is 5.53. The second-order valence-corrected chi connectivity index (χ2v) is 4.33. The van der Waals surface area contributed by atoms with Crippen LogP contribution in [0.25, 0.3) is 6.08 Å². The van der Waals surface area contributed by atoms with Crippen LogP contribution in [0.2, 0.25) is 0 Å². The molecule has 0 radical (unpaired) electrons. The zero-order valence-corrected chi connectivity index (χ0v) is 9.67. The van der Waals surface area contributed by atoms with E-state index in [9.17, 15) is 4.39 Å². The average molecular weight is 219 g/mol. The highest BCUT2D eigenvalue weighted by atomic mass is 19.1.